The highest BCUT2D eigenvalue weighted by atomic mass is 16.3. The molecule has 13 heavy (non-hydrogen) atoms. The number of fused-ring (bicyclic) bond motifs is 1. The highest BCUT2D eigenvalue weighted by Crippen LogP contribution is 2.23. The molecular weight excluding hydrogens is 162 g/mol. The molecule has 0 bridgehead atoms. The Morgan fingerprint density at radius 3 is 2.69 bits per heavy atom. The highest BCUT2D eigenvalue weighted by molar-refractivity contribution is 5.81. The van der Waals surface area contributed by atoms with Crippen molar-refractivity contribution in [2.45, 2.75) is 19.8 Å². The van der Waals surface area contributed by atoms with Gasteiger partial charge in [-0.15, -0.1) is 0 Å². The molecule has 0 aliphatic rings. The van der Waals surface area contributed by atoms with Crippen LogP contribution in [0.3, 0.4) is 0 Å². The number of aromatic hydroxyl groups is 1. The first kappa shape index (κ1) is 8.17. The van der Waals surface area contributed by atoms with Crippen LogP contribution in [0.25, 0.3) is 10.9 Å². The van der Waals surface area contributed by atoms with Crippen LogP contribution in [-0.2, 0) is 0 Å². The fourth-order valence-corrected chi connectivity index (χ4v) is 1.45. The summed E-state index contributed by atoms with van der Waals surface area (Å²) >= 11 is 0. The summed E-state index contributed by atoms with van der Waals surface area (Å²) in [6.07, 6.45) is 0. The summed E-state index contributed by atoms with van der Waals surface area (Å²) in [6, 6.07) is 7.51. The zero-order valence-corrected chi connectivity index (χ0v) is 7.83. The van der Waals surface area contributed by atoms with Crippen LogP contribution in [0.15, 0.2) is 24.3 Å². The van der Waals surface area contributed by atoms with Crippen molar-refractivity contribution in [1.82, 2.24) is 4.98 Å². The first-order valence-corrected chi connectivity index (χ1v) is 4.48. The van der Waals surface area contributed by atoms with Crippen LogP contribution in [0.5, 0.6) is 5.75 Å². The molecule has 2 rings (SSSR count). The molecule has 2 nitrogen and oxygen atoms in total. The molecular formula is C11H13NO. The van der Waals surface area contributed by atoms with Crippen molar-refractivity contribution in [2.24, 2.45) is 0 Å². The van der Waals surface area contributed by atoms with Gasteiger partial charge in [0.2, 0.25) is 0 Å². The van der Waals surface area contributed by atoms with E-state index in [1.54, 1.807) is 12.1 Å². The zero-order chi connectivity index (χ0) is 9.42. The Morgan fingerprint density at radius 2 is 2.00 bits per heavy atom. The van der Waals surface area contributed by atoms with Crippen LogP contribution in [0, 0.1) is 0 Å². The predicted octanol–water partition coefficient (Wildman–Crippen LogP) is 3.00. The molecule has 0 aliphatic heterocycles. The Morgan fingerprint density at radius 1 is 1.23 bits per heavy atom. The summed E-state index contributed by atoms with van der Waals surface area (Å²) in [4.78, 5) is 3.28. The number of nitrogens with one attached hydrogen (secondary N) is 1. The summed E-state index contributed by atoms with van der Waals surface area (Å²) in [5, 5.41) is 10.4. The second-order valence-corrected chi connectivity index (χ2v) is 3.65. The minimum Gasteiger partial charge on any atom is -0.508 e. The summed E-state index contributed by atoms with van der Waals surface area (Å²) in [6.45, 7) is 4.29. The number of rotatable bonds is 1. The summed E-state index contributed by atoms with van der Waals surface area (Å²) in [5.74, 6) is 0.805. The molecule has 1 heterocycles. The molecule has 0 radical (unpaired) electrons. The number of aromatic amines is 1. The number of phenolic OH excluding ortho intramolecular Hbond substituents is 1. The van der Waals surface area contributed by atoms with E-state index in [0.717, 1.165) is 10.9 Å². The monoisotopic (exact) mass is 175 g/mol. The van der Waals surface area contributed by atoms with Crippen LogP contribution in [0.4, 0.5) is 0 Å². The SMILES string of the molecule is CC(C)c1cc2ccc(O)cc2[nH]1. The molecule has 0 atom stereocenters. The third-order valence-electron chi connectivity index (χ3n) is 2.25. The summed E-state index contributed by atoms with van der Waals surface area (Å²) in [7, 11) is 0. The van der Waals surface area contributed by atoms with Gasteiger partial charge in [-0.2, -0.15) is 0 Å². The topological polar surface area (TPSA) is 36.0 Å². The van der Waals surface area contributed by atoms with Gasteiger partial charge in [0.05, 0.1) is 0 Å². The van der Waals surface area contributed by atoms with Crippen LogP contribution >= 0.6 is 0 Å². The fraction of sp³-hybridized carbons (Fsp3) is 0.273. The molecule has 0 aliphatic carbocycles. The Balaban J connectivity index is 2.62. The molecule has 0 amide bonds. The number of aromatic nitrogens is 1. The minimum atomic E-state index is 0.310. The highest BCUT2D eigenvalue weighted by Gasteiger charge is 2.03. The van der Waals surface area contributed by atoms with E-state index in [2.05, 4.69) is 24.9 Å². The van der Waals surface area contributed by atoms with Gasteiger partial charge in [0, 0.05) is 17.3 Å². The van der Waals surface area contributed by atoms with E-state index in [1.165, 1.54) is 5.69 Å². The molecule has 2 aromatic rings. The van der Waals surface area contributed by atoms with E-state index < -0.39 is 0 Å². The Labute approximate surface area is 77.2 Å². The van der Waals surface area contributed by atoms with Crippen molar-refractivity contribution >= 4 is 10.9 Å². The van der Waals surface area contributed by atoms with Crippen molar-refractivity contribution in [3.8, 4) is 5.75 Å². The average Bonchev–Trinajstić information content (AvgIpc) is 2.46. The van der Waals surface area contributed by atoms with Gasteiger partial charge in [-0.05, 0) is 29.5 Å². The standard InChI is InChI=1S/C11H13NO/c1-7(2)10-5-8-3-4-9(13)6-11(8)12-10/h3-7,12-13H,1-2H3. The van der Waals surface area contributed by atoms with Gasteiger partial charge in [-0.25, -0.2) is 0 Å². The van der Waals surface area contributed by atoms with Crippen molar-refractivity contribution in [3.63, 3.8) is 0 Å². The Kier molecular flexibility index (Phi) is 1.76. The molecule has 2 heteroatoms. The lowest BCUT2D eigenvalue weighted by molar-refractivity contribution is 0.476. The number of hydrogen-bond donors (Lipinski definition) is 2. The lowest BCUT2D eigenvalue weighted by atomic mass is 10.1. The van der Waals surface area contributed by atoms with Gasteiger partial charge >= 0.3 is 0 Å². The largest absolute Gasteiger partial charge is 0.508 e. The normalized spacial score (nSPS) is 11.3. The van der Waals surface area contributed by atoms with E-state index in [9.17, 15) is 5.11 Å². The van der Waals surface area contributed by atoms with E-state index in [-0.39, 0.29) is 0 Å². The number of H-pyrrole nitrogens is 1. The second-order valence-electron chi connectivity index (χ2n) is 3.65. The van der Waals surface area contributed by atoms with Gasteiger partial charge in [0.25, 0.3) is 0 Å². The third kappa shape index (κ3) is 1.39. The van der Waals surface area contributed by atoms with Gasteiger partial charge in [-0.1, -0.05) is 13.8 Å². The maximum atomic E-state index is 9.26. The Hall–Kier alpha value is -1.44. The van der Waals surface area contributed by atoms with Crippen LogP contribution < -0.4 is 0 Å². The molecule has 0 spiro atoms. The minimum absolute atomic E-state index is 0.310. The number of hydrogen-bond acceptors (Lipinski definition) is 1. The molecule has 1 aromatic carbocycles. The van der Waals surface area contributed by atoms with E-state index in [0.29, 0.717) is 11.7 Å². The first-order valence-electron chi connectivity index (χ1n) is 4.48. The van der Waals surface area contributed by atoms with Crippen molar-refractivity contribution in [1.29, 1.82) is 0 Å². The van der Waals surface area contributed by atoms with Crippen molar-refractivity contribution in [2.75, 3.05) is 0 Å². The summed E-state index contributed by atoms with van der Waals surface area (Å²) in [5.41, 5.74) is 2.21. The first-order chi connectivity index (χ1) is 6.16. The Bertz CT molecular complexity index is 429. The van der Waals surface area contributed by atoms with Gasteiger partial charge in [-0.3, -0.25) is 0 Å². The maximum absolute atomic E-state index is 9.26. The third-order valence-corrected chi connectivity index (χ3v) is 2.25. The lowest BCUT2D eigenvalue weighted by Gasteiger charge is -1.97. The molecule has 2 N–H and O–H groups in total. The second kappa shape index (κ2) is 2.80. The molecule has 0 unspecified atom stereocenters. The zero-order valence-electron chi connectivity index (χ0n) is 7.83. The van der Waals surface area contributed by atoms with Crippen molar-refractivity contribution in [3.05, 3.63) is 30.0 Å². The maximum Gasteiger partial charge on any atom is 0.117 e. The van der Waals surface area contributed by atoms with E-state index in [4.69, 9.17) is 0 Å². The van der Waals surface area contributed by atoms with Crippen LogP contribution in [0.2, 0.25) is 0 Å². The van der Waals surface area contributed by atoms with E-state index in [1.807, 2.05) is 6.07 Å². The number of phenols is 1. The average molecular weight is 175 g/mol. The van der Waals surface area contributed by atoms with Gasteiger partial charge < -0.3 is 10.1 Å². The van der Waals surface area contributed by atoms with Crippen LogP contribution in [0.1, 0.15) is 25.5 Å². The molecule has 0 saturated carbocycles. The molecule has 0 fully saturated rings. The lowest BCUT2D eigenvalue weighted by Crippen LogP contribution is -1.84. The smallest absolute Gasteiger partial charge is 0.117 e. The number of benzene rings is 1. The quantitative estimate of drug-likeness (QED) is 0.686. The van der Waals surface area contributed by atoms with Crippen LogP contribution in [-0.4, -0.2) is 10.1 Å². The molecule has 68 valence electrons. The predicted molar refractivity (Wildman–Crippen MR) is 54.1 cm³/mol. The van der Waals surface area contributed by atoms with Crippen molar-refractivity contribution < 1.29 is 5.11 Å². The molecule has 0 saturated heterocycles. The van der Waals surface area contributed by atoms with Gasteiger partial charge in [0.1, 0.15) is 5.75 Å². The van der Waals surface area contributed by atoms with Gasteiger partial charge in [0.15, 0.2) is 0 Å². The summed E-state index contributed by atoms with van der Waals surface area (Å²) < 4.78 is 0. The van der Waals surface area contributed by atoms with E-state index >= 15 is 0 Å². The fourth-order valence-electron chi connectivity index (χ4n) is 1.45. The molecule has 1 aromatic heterocycles.